The van der Waals surface area contributed by atoms with Crippen LogP contribution in [0.3, 0.4) is 0 Å². The molecular formula is C18H14ClFN2O2. The second-order valence-electron chi connectivity index (χ2n) is 5.19. The van der Waals surface area contributed by atoms with Crippen LogP contribution in [0.25, 0.3) is 10.9 Å². The monoisotopic (exact) mass is 344 g/mol. The number of benzene rings is 2. The van der Waals surface area contributed by atoms with Crippen molar-refractivity contribution in [2.45, 2.75) is 6.42 Å². The highest BCUT2D eigenvalue weighted by Gasteiger charge is 2.10. The van der Waals surface area contributed by atoms with Crippen molar-refractivity contribution in [3.05, 3.63) is 65.1 Å². The molecule has 0 saturated carbocycles. The first-order valence-corrected chi connectivity index (χ1v) is 7.62. The number of hydrogen-bond donors (Lipinski definition) is 1. The number of nitrogens with zero attached hydrogens (tertiary/aromatic N) is 1. The fraction of sp³-hybridized carbons (Fsp3) is 0.111. The molecule has 1 N–H and O–H groups in total. The summed E-state index contributed by atoms with van der Waals surface area (Å²) in [5.41, 5.74) is 2.72. The first kappa shape index (κ1) is 16.2. The molecular weight excluding hydrogens is 331 g/mol. The summed E-state index contributed by atoms with van der Waals surface area (Å²) >= 11 is 5.83. The number of nitrogens with one attached hydrogen (secondary N) is 1. The topological polar surface area (TPSA) is 51.2 Å². The molecule has 0 aliphatic carbocycles. The number of rotatable bonds is 4. The third kappa shape index (κ3) is 3.46. The van der Waals surface area contributed by atoms with Crippen molar-refractivity contribution < 1.29 is 13.9 Å². The number of aromatic nitrogens is 1. The van der Waals surface area contributed by atoms with Gasteiger partial charge in [-0.15, -0.1) is 0 Å². The third-order valence-corrected chi connectivity index (χ3v) is 3.81. The van der Waals surface area contributed by atoms with E-state index in [0.717, 1.165) is 16.6 Å². The van der Waals surface area contributed by atoms with Gasteiger partial charge in [0.25, 0.3) is 0 Å². The predicted molar refractivity (Wildman–Crippen MR) is 92.2 cm³/mol. The van der Waals surface area contributed by atoms with E-state index in [1.165, 1.54) is 19.2 Å². The fourth-order valence-electron chi connectivity index (χ4n) is 2.37. The van der Waals surface area contributed by atoms with Gasteiger partial charge in [-0.1, -0.05) is 29.8 Å². The largest absolute Gasteiger partial charge is 0.469 e. The number of fused-ring (bicyclic) bond motifs is 1. The molecule has 3 aromatic rings. The van der Waals surface area contributed by atoms with Gasteiger partial charge >= 0.3 is 5.97 Å². The Kier molecular flexibility index (Phi) is 4.62. The number of halogens is 2. The fourth-order valence-corrected chi connectivity index (χ4v) is 2.55. The molecule has 2 aromatic carbocycles. The van der Waals surface area contributed by atoms with E-state index in [1.807, 2.05) is 24.3 Å². The smallest absolute Gasteiger partial charge is 0.311 e. The molecule has 0 atom stereocenters. The summed E-state index contributed by atoms with van der Waals surface area (Å²) in [6.07, 6.45) is 0.0696. The summed E-state index contributed by atoms with van der Waals surface area (Å²) in [6, 6.07) is 13.7. The number of ether oxygens (including phenoxy) is 1. The first-order chi connectivity index (χ1) is 11.6. The number of para-hydroxylation sites is 1. The molecule has 122 valence electrons. The van der Waals surface area contributed by atoms with E-state index in [1.54, 1.807) is 12.1 Å². The molecule has 0 unspecified atom stereocenters. The molecule has 4 nitrogen and oxygen atoms in total. The Labute approximate surface area is 143 Å². The lowest BCUT2D eigenvalue weighted by Gasteiger charge is -2.12. The molecule has 6 heteroatoms. The number of hydrogen-bond acceptors (Lipinski definition) is 4. The number of methoxy groups -OCH3 is 1. The second kappa shape index (κ2) is 6.84. The Hall–Kier alpha value is -2.66. The van der Waals surface area contributed by atoms with Gasteiger partial charge in [0, 0.05) is 16.8 Å². The zero-order chi connectivity index (χ0) is 17.1. The van der Waals surface area contributed by atoms with Crippen molar-refractivity contribution in [3.63, 3.8) is 0 Å². The normalized spacial score (nSPS) is 10.6. The minimum atomic E-state index is -0.479. The van der Waals surface area contributed by atoms with Crippen molar-refractivity contribution in [2.75, 3.05) is 12.4 Å². The summed E-state index contributed by atoms with van der Waals surface area (Å²) in [6.45, 7) is 0. The standard InChI is InChI=1S/C18H14ClFN2O2/c1-24-18(23)10-12-9-17(13-4-2-3-5-16(13)22-12)21-11-6-7-15(20)14(19)8-11/h2-9H,10H2,1H3,(H,21,22). The van der Waals surface area contributed by atoms with Crippen molar-refractivity contribution in [1.82, 2.24) is 4.98 Å². The molecule has 0 radical (unpaired) electrons. The van der Waals surface area contributed by atoms with Crippen LogP contribution in [-0.4, -0.2) is 18.1 Å². The van der Waals surface area contributed by atoms with Crippen LogP contribution in [0.4, 0.5) is 15.8 Å². The van der Waals surface area contributed by atoms with Crippen LogP contribution in [0.1, 0.15) is 5.69 Å². The lowest BCUT2D eigenvalue weighted by atomic mass is 10.1. The minimum absolute atomic E-state index is 0.0353. The van der Waals surface area contributed by atoms with Gasteiger partial charge in [-0.3, -0.25) is 9.78 Å². The van der Waals surface area contributed by atoms with Gasteiger partial charge in [-0.05, 0) is 30.3 Å². The quantitative estimate of drug-likeness (QED) is 0.709. The molecule has 0 saturated heterocycles. The maximum absolute atomic E-state index is 13.3. The molecule has 24 heavy (non-hydrogen) atoms. The van der Waals surface area contributed by atoms with E-state index in [4.69, 9.17) is 16.3 Å². The van der Waals surface area contributed by atoms with Crippen LogP contribution in [0, 0.1) is 5.82 Å². The highest BCUT2D eigenvalue weighted by atomic mass is 35.5. The number of carbonyl (C=O) groups is 1. The van der Waals surface area contributed by atoms with Crippen LogP contribution in [0.15, 0.2) is 48.5 Å². The van der Waals surface area contributed by atoms with Gasteiger partial charge in [0.15, 0.2) is 0 Å². The highest BCUT2D eigenvalue weighted by Crippen LogP contribution is 2.28. The van der Waals surface area contributed by atoms with Crippen LogP contribution in [0.2, 0.25) is 5.02 Å². The van der Waals surface area contributed by atoms with E-state index < -0.39 is 5.82 Å². The second-order valence-corrected chi connectivity index (χ2v) is 5.59. The van der Waals surface area contributed by atoms with Gasteiger partial charge in [0.05, 0.1) is 29.8 Å². The Bertz CT molecular complexity index is 915. The Morgan fingerprint density at radius 2 is 2.04 bits per heavy atom. The average molecular weight is 345 g/mol. The predicted octanol–water partition coefficient (Wildman–Crippen LogP) is 4.49. The third-order valence-electron chi connectivity index (χ3n) is 3.52. The van der Waals surface area contributed by atoms with E-state index in [-0.39, 0.29) is 17.4 Å². The van der Waals surface area contributed by atoms with Gasteiger partial charge in [-0.25, -0.2) is 4.39 Å². The highest BCUT2D eigenvalue weighted by molar-refractivity contribution is 6.31. The lowest BCUT2D eigenvalue weighted by Crippen LogP contribution is -2.07. The van der Waals surface area contributed by atoms with Crippen LogP contribution >= 0.6 is 11.6 Å². The maximum atomic E-state index is 13.3. The minimum Gasteiger partial charge on any atom is -0.469 e. The number of pyridine rings is 1. The molecule has 1 aromatic heterocycles. The lowest BCUT2D eigenvalue weighted by molar-refractivity contribution is -0.139. The summed E-state index contributed by atoms with van der Waals surface area (Å²) in [5, 5.41) is 4.12. The summed E-state index contributed by atoms with van der Waals surface area (Å²) in [7, 11) is 1.34. The van der Waals surface area contributed by atoms with Crippen LogP contribution < -0.4 is 5.32 Å². The molecule has 0 aliphatic rings. The first-order valence-electron chi connectivity index (χ1n) is 7.24. The van der Waals surface area contributed by atoms with Crippen LogP contribution in [0.5, 0.6) is 0 Å². The van der Waals surface area contributed by atoms with Crippen molar-refractivity contribution in [2.24, 2.45) is 0 Å². The molecule has 1 heterocycles. The molecule has 0 aliphatic heterocycles. The van der Waals surface area contributed by atoms with Crippen molar-refractivity contribution in [1.29, 1.82) is 0 Å². The zero-order valence-electron chi connectivity index (χ0n) is 12.8. The summed E-state index contributed by atoms with van der Waals surface area (Å²) in [4.78, 5) is 16.0. The van der Waals surface area contributed by atoms with Gasteiger partial charge < -0.3 is 10.1 Å². The van der Waals surface area contributed by atoms with Crippen molar-refractivity contribution in [3.8, 4) is 0 Å². The van der Waals surface area contributed by atoms with Crippen LogP contribution in [-0.2, 0) is 16.0 Å². The van der Waals surface area contributed by atoms with Gasteiger partial charge in [-0.2, -0.15) is 0 Å². The summed E-state index contributed by atoms with van der Waals surface area (Å²) < 4.78 is 18.0. The molecule has 0 amide bonds. The number of anilines is 2. The molecule has 0 spiro atoms. The molecule has 0 bridgehead atoms. The Morgan fingerprint density at radius 3 is 2.79 bits per heavy atom. The zero-order valence-corrected chi connectivity index (χ0v) is 13.6. The Morgan fingerprint density at radius 1 is 1.25 bits per heavy atom. The average Bonchev–Trinajstić information content (AvgIpc) is 2.58. The number of esters is 1. The van der Waals surface area contributed by atoms with Gasteiger partial charge in [0.2, 0.25) is 0 Å². The van der Waals surface area contributed by atoms with Crippen molar-refractivity contribution >= 4 is 39.8 Å². The van der Waals surface area contributed by atoms with E-state index in [9.17, 15) is 9.18 Å². The van der Waals surface area contributed by atoms with Gasteiger partial charge in [0.1, 0.15) is 5.82 Å². The molecule has 0 fully saturated rings. The SMILES string of the molecule is COC(=O)Cc1cc(Nc2ccc(F)c(Cl)c2)c2ccccc2n1. The number of carbonyl (C=O) groups excluding carboxylic acids is 1. The molecule has 3 rings (SSSR count). The maximum Gasteiger partial charge on any atom is 0.311 e. The van der Waals surface area contributed by atoms with E-state index >= 15 is 0 Å². The summed E-state index contributed by atoms with van der Waals surface area (Å²) in [5.74, 6) is -0.846. The Balaban J connectivity index is 2.04. The van der Waals surface area contributed by atoms with E-state index in [0.29, 0.717) is 11.4 Å². The van der Waals surface area contributed by atoms with E-state index in [2.05, 4.69) is 10.3 Å².